The summed E-state index contributed by atoms with van der Waals surface area (Å²) < 4.78 is 0. The Balaban J connectivity index is 3.25. The number of hydrogen-bond donors (Lipinski definition) is 0. The van der Waals surface area contributed by atoms with E-state index in [0.717, 1.165) is 25.7 Å². The summed E-state index contributed by atoms with van der Waals surface area (Å²) in [4.78, 5) is 21.9. The van der Waals surface area contributed by atoms with Crippen molar-refractivity contribution >= 4 is 33.7 Å². The monoisotopic (exact) mass is 378 g/mol. The normalized spacial score (nSPS) is 12.5. The Morgan fingerprint density at radius 2 is 1.04 bits per heavy atom. The minimum Gasteiger partial charge on any atom is -0.281 e. The molecule has 1 unspecified atom stereocenters. The maximum atomic E-state index is 11.3. The molecule has 0 aliphatic carbocycles. The molecule has 0 aliphatic heterocycles. The molecule has 0 bridgehead atoms. The van der Waals surface area contributed by atoms with Crippen molar-refractivity contribution in [3.63, 3.8) is 0 Å². The zero-order chi connectivity index (χ0) is 18.2. The van der Waals surface area contributed by atoms with Crippen LogP contribution >= 0.6 is 23.2 Å². The molecule has 0 spiro atoms. The Hall–Kier alpha value is -0.0800. The number of carbonyl (C=O) groups excluding carboxylic acids is 2. The maximum absolute atomic E-state index is 11.3. The van der Waals surface area contributed by atoms with Gasteiger partial charge in [-0.25, -0.2) is 0 Å². The molecule has 0 saturated heterocycles. The van der Waals surface area contributed by atoms with Crippen LogP contribution in [0.3, 0.4) is 0 Å². The molecule has 0 aromatic heterocycles. The third-order valence-electron chi connectivity index (χ3n) is 4.73. The molecule has 0 radical (unpaired) electrons. The third kappa shape index (κ3) is 15.4. The highest BCUT2D eigenvalue weighted by molar-refractivity contribution is 6.64. The summed E-state index contributed by atoms with van der Waals surface area (Å²) in [6.07, 6.45) is 16.2. The van der Waals surface area contributed by atoms with Gasteiger partial charge in [0, 0.05) is 12.3 Å². The van der Waals surface area contributed by atoms with Crippen LogP contribution in [0.15, 0.2) is 0 Å². The number of rotatable bonds is 17. The summed E-state index contributed by atoms with van der Waals surface area (Å²) in [6.45, 7) is 4.14. The average Bonchev–Trinajstić information content (AvgIpc) is 2.50. The Morgan fingerprint density at radius 1 is 0.667 bits per heavy atom. The Morgan fingerprint density at radius 3 is 1.38 bits per heavy atom. The fraction of sp³-hybridized carbons (Fsp3) is 0.900. The zero-order valence-electron chi connectivity index (χ0n) is 15.6. The lowest BCUT2D eigenvalue weighted by Crippen LogP contribution is -2.15. The molecule has 4 heteroatoms. The van der Waals surface area contributed by atoms with Gasteiger partial charge in [-0.2, -0.15) is 0 Å². The van der Waals surface area contributed by atoms with Gasteiger partial charge < -0.3 is 0 Å². The summed E-state index contributed by atoms with van der Waals surface area (Å²) in [6, 6.07) is 0. The second-order valence-corrected chi connectivity index (χ2v) is 8.09. The van der Waals surface area contributed by atoms with Crippen molar-refractivity contribution in [1.82, 2.24) is 0 Å². The molecule has 0 fully saturated rings. The summed E-state index contributed by atoms with van der Waals surface area (Å²) >= 11 is 10.9. The highest BCUT2D eigenvalue weighted by atomic mass is 35.5. The molecular formula is C20H36Cl2O2. The fourth-order valence-corrected chi connectivity index (χ4v) is 3.60. The number of carbonyl (C=O) groups is 2. The third-order valence-corrected chi connectivity index (χ3v) is 5.20. The molecule has 0 saturated carbocycles. The average molecular weight is 379 g/mol. The highest BCUT2D eigenvalue weighted by Crippen LogP contribution is 2.22. The minimum atomic E-state index is -0.205. The maximum Gasteiger partial charge on any atom is 0.224 e. The SMILES string of the molecule is CC(C)C(CCCCCCCCCCCCCCC(=O)Cl)C(=O)Cl. The molecule has 0 N–H and O–H groups in total. The van der Waals surface area contributed by atoms with Crippen molar-refractivity contribution < 1.29 is 9.59 Å². The van der Waals surface area contributed by atoms with Crippen molar-refractivity contribution in [3.05, 3.63) is 0 Å². The van der Waals surface area contributed by atoms with Crippen LogP contribution in [-0.4, -0.2) is 10.5 Å². The predicted octanol–water partition coefficient (Wildman–Crippen LogP) is 7.25. The first-order valence-electron chi connectivity index (χ1n) is 9.82. The van der Waals surface area contributed by atoms with Crippen LogP contribution in [0.5, 0.6) is 0 Å². The highest BCUT2D eigenvalue weighted by Gasteiger charge is 2.19. The number of halogens is 2. The van der Waals surface area contributed by atoms with Crippen LogP contribution in [0.4, 0.5) is 0 Å². The second kappa shape index (κ2) is 16.4. The molecule has 142 valence electrons. The Bertz CT molecular complexity index is 330. The van der Waals surface area contributed by atoms with Crippen LogP contribution in [0.2, 0.25) is 0 Å². The lowest BCUT2D eigenvalue weighted by molar-refractivity contribution is -0.116. The van der Waals surface area contributed by atoms with E-state index in [1.807, 2.05) is 0 Å². The van der Waals surface area contributed by atoms with Gasteiger partial charge in [-0.1, -0.05) is 84.5 Å². The summed E-state index contributed by atoms with van der Waals surface area (Å²) in [5.41, 5.74) is 0. The first-order chi connectivity index (χ1) is 11.4. The molecule has 0 rings (SSSR count). The standard InChI is InChI=1S/C20H36Cl2O2/c1-17(2)18(20(22)24)15-13-11-9-7-5-3-4-6-8-10-12-14-16-19(21)23/h17-18H,3-16H2,1-2H3. The van der Waals surface area contributed by atoms with E-state index in [4.69, 9.17) is 23.2 Å². The summed E-state index contributed by atoms with van der Waals surface area (Å²) in [5.74, 6) is 0.389. The first kappa shape index (κ1) is 23.9. The van der Waals surface area contributed by atoms with Gasteiger partial charge in [-0.05, 0) is 42.0 Å². The van der Waals surface area contributed by atoms with E-state index in [2.05, 4.69) is 13.8 Å². The summed E-state index contributed by atoms with van der Waals surface area (Å²) in [7, 11) is 0. The molecule has 1 atom stereocenters. The molecule has 0 aromatic carbocycles. The number of unbranched alkanes of at least 4 members (excludes halogenated alkanes) is 11. The Labute approximate surface area is 159 Å². The summed E-state index contributed by atoms with van der Waals surface area (Å²) in [5, 5.41) is -0.372. The van der Waals surface area contributed by atoms with Gasteiger partial charge in [-0.15, -0.1) is 0 Å². The molecule has 24 heavy (non-hydrogen) atoms. The molecule has 0 heterocycles. The van der Waals surface area contributed by atoms with Gasteiger partial charge in [0.2, 0.25) is 10.5 Å². The molecular weight excluding hydrogens is 343 g/mol. The molecule has 0 amide bonds. The second-order valence-electron chi connectivity index (χ2n) is 7.29. The van der Waals surface area contributed by atoms with Gasteiger partial charge in [0.05, 0.1) is 0 Å². The lowest BCUT2D eigenvalue weighted by Gasteiger charge is -2.15. The van der Waals surface area contributed by atoms with Crippen molar-refractivity contribution in [2.24, 2.45) is 11.8 Å². The number of hydrogen-bond acceptors (Lipinski definition) is 2. The van der Waals surface area contributed by atoms with Gasteiger partial charge in [0.25, 0.3) is 0 Å². The van der Waals surface area contributed by atoms with E-state index in [-0.39, 0.29) is 16.4 Å². The van der Waals surface area contributed by atoms with Crippen molar-refractivity contribution in [2.75, 3.05) is 0 Å². The van der Waals surface area contributed by atoms with Crippen molar-refractivity contribution in [2.45, 2.75) is 104 Å². The van der Waals surface area contributed by atoms with E-state index in [1.165, 1.54) is 57.8 Å². The molecule has 0 aliphatic rings. The topological polar surface area (TPSA) is 34.1 Å². The first-order valence-corrected chi connectivity index (χ1v) is 10.6. The van der Waals surface area contributed by atoms with Gasteiger partial charge in [-0.3, -0.25) is 9.59 Å². The smallest absolute Gasteiger partial charge is 0.224 e. The van der Waals surface area contributed by atoms with Crippen LogP contribution in [-0.2, 0) is 9.59 Å². The van der Waals surface area contributed by atoms with E-state index < -0.39 is 0 Å². The minimum absolute atomic E-state index is 0.0363. The zero-order valence-corrected chi connectivity index (χ0v) is 17.1. The van der Waals surface area contributed by atoms with E-state index in [9.17, 15) is 9.59 Å². The van der Waals surface area contributed by atoms with E-state index >= 15 is 0 Å². The predicted molar refractivity (Wildman–Crippen MR) is 105 cm³/mol. The van der Waals surface area contributed by atoms with E-state index in [0.29, 0.717) is 12.3 Å². The van der Waals surface area contributed by atoms with Crippen LogP contribution in [0, 0.1) is 11.8 Å². The van der Waals surface area contributed by atoms with Crippen molar-refractivity contribution in [3.8, 4) is 0 Å². The fourth-order valence-electron chi connectivity index (χ4n) is 3.10. The van der Waals surface area contributed by atoms with Gasteiger partial charge in [0.15, 0.2) is 0 Å². The molecule has 0 aromatic rings. The largest absolute Gasteiger partial charge is 0.281 e. The Kier molecular flexibility index (Phi) is 16.3. The van der Waals surface area contributed by atoms with Crippen LogP contribution in [0.1, 0.15) is 104 Å². The van der Waals surface area contributed by atoms with E-state index in [1.54, 1.807) is 0 Å². The van der Waals surface area contributed by atoms with Crippen LogP contribution in [0.25, 0.3) is 0 Å². The quantitative estimate of drug-likeness (QED) is 0.197. The van der Waals surface area contributed by atoms with Crippen LogP contribution < -0.4 is 0 Å². The van der Waals surface area contributed by atoms with Gasteiger partial charge in [0.1, 0.15) is 0 Å². The van der Waals surface area contributed by atoms with Gasteiger partial charge >= 0.3 is 0 Å². The van der Waals surface area contributed by atoms with Crippen molar-refractivity contribution in [1.29, 1.82) is 0 Å². The lowest BCUT2D eigenvalue weighted by atomic mass is 9.91. The molecule has 2 nitrogen and oxygen atoms in total.